The van der Waals surface area contributed by atoms with Crippen LogP contribution < -0.4 is 14.4 Å². The standard InChI is InChI=1S/C24H24N4O6S/c1-34-20-8-4-6-18(16-20)26-12-14-27(15-13-26)24(29)22-10-2-3-11-23(22)25-35(32,33)21-9-5-7-19(17-21)28(30)31/h2-11,16-17,25H,12-15H2,1H3. The Bertz CT molecular complexity index is 1350. The molecule has 0 atom stereocenters. The van der Waals surface area contributed by atoms with Crippen molar-refractivity contribution in [3.8, 4) is 5.75 Å². The largest absolute Gasteiger partial charge is 0.497 e. The van der Waals surface area contributed by atoms with Gasteiger partial charge in [0.15, 0.2) is 0 Å². The lowest BCUT2D eigenvalue weighted by atomic mass is 10.1. The summed E-state index contributed by atoms with van der Waals surface area (Å²) in [6, 6.07) is 18.8. The monoisotopic (exact) mass is 496 g/mol. The molecule has 1 amide bonds. The summed E-state index contributed by atoms with van der Waals surface area (Å²) in [5.41, 5.74) is 0.975. The number of rotatable bonds is 7. The fourth-order valence-corrected chi connectivity index (χ4v) is 4.99. The van der Waals surface area contributed by atoms with E-state index in [1.165, 1.54) is 24.3 Å². The number of ether oxygens (including phenoxy) is 1. The number of carbonyl (C=O) groups excluding carboxylic acids is 1. The highest BCUT2D eigenvalue weighted by Crippen LogP contribution is 2.26. The van der Waals surface area contributed by atoms with Crippen LogP contribution in [0.2, 0.25) is 0 Å². The predicted octanol–water partition coefficient (Wildman–Crippen LogP) is 3.37. The number of nitro benzene ring substituents is 1. The van der Waals surface area contributed by atoms with E-state index >= 15 is 0 Å². The molecular formula is C24H24N4O6S. The minimum Gasteiger partial charge on any atom is -0.497 e. The molecule has 0 unspecified atom stereocenters. The molecule has 0 spiro atoms. The second kappa shape index (κ2) is 10.0. The summed E-state index contributed by atoms with van der Waals surface area (Å²) in [5, 5.41) is 11.0. The number of hydrogen-bond donors (Lipinski definition) is 1. The number of methoxy groups -OCH3 is 1. The smallest absolute Gasteiger partial charge is 0.270 e. The van der Waals surface area contributed by atoms with Crippen LogP contribution in [-0.2, 0) is 10.0 Å². The first-order valence-corrected chi connectivity index (χ1v) is 12.3. The van der Waals surface area contributed by atoms with Crippen LogP contribution in [-0.4, -0.2) is 57.4 Å². The molecule has 1 N–H and O–H groups in total. The number of nitrogens with zero attached hydrogens (tertiary/aromatic N) is 3. The van der Waals surface area contributed by atoms with E-state index in [2.05, 4.69) is 9.62 Å². The number of hydrogen-bond acceptors (Lipinski definition) is 7. The number of nitro groups is 1. The Labute approximate surface area is 202 Å². The van der Waals surface area contributed by atoms with Crippen molar-refractivity contribution in [1.29, 1.82) is 0 Å². The summed E-state index contributed by atoms with van der Waals surface area (Å²) in [4.78, 5) is 27.2. The number of carbonyl (C=O) groups is 1. The lowest BCUT2D eigenvalue weighted by molar-refractivity contribution is -0.385. The number of non-ortho nitro benzene ring substituents is 1. The van der Waals surface area contributed by atoms with Gasteiger partial charge in [-0.2, -0.15) is 0 Å². The van der Waals surface area contributed by atoms with E-state index in [1.807, 2.05) is 24.3 Å². The molecule has 0 bridgehead atoms. The topological polar surface area (TPSA) is 122 Å². The maximum atomic E-state index is 13.3. The first-order valence-electron chi connectivity index (χ1n) is 10.8. The van der Waals surface area contributed by atoms with E-state index in [0.717, 1.165) is 17.5 Å². The van der Waals surface area contributed by atoms with Gasteiger partial charge in [0.1, 0.15) is 5.75 Å². The maximum Gasteiger partial charge on any atom is 0.270 e. The normalized spacial score (nSPS) is 13.9. The summed E-state index contributed by atoms with van der Waals surface area (Å²) < 4.78 is 33.5. The van der Waals surface area contributed by atoms with Crippen LogP contribution in [0.3, 0.4) is 0 Å². The summed E-state index contributed by atoms with van der Waals surface area (Å²) >= 11 is 0. The van der Waals surface area contributed by atoms with Gasteiger partial charge < -0.3 is 14.5 Å². The van der Waals surface area contributed by atoms with Gasteiger partial charge in [-0.1, -0.05) is 24.3 Å². The number of anilines is 2. The fraction of sp³-hybridized carbons (Fsp3) is 0.208. The van der Waals surface area contributed by atoms with E-state index in [4.69, 9.17) is 4.74 Å². The highest BCUT2D eigenvalue weighted by atomic mass is 32.2. The Morgan fingerprint density at radius 1 is 0.971 bits per heavy atom. The predicted molar refractivity (Wildman–Crippen MR) is 131 cm³/mol. The summed E-state index contributed by atoms with van der Waals surface area (Å²) in [6.07, 6.45) is 0. The lowest BCUT2D eigenvalue weighted by Crippen LogP contribution is -2.49. The van der Waals surface area contributed by atoms with Gasteiger partial charge in [0.05, 0.1) is 28.2 Å². The van der Waals surface area contributed by atoms with Crippen molar-refractivity contribution >= 4 is 33.0 Å². The molecule has 3 aromatic carbocycles. The summed E-state index contributed by atoms with van der Waals surface area (Å²) in [6.45, 7) is 2.14. The minimum absolute atomic E-state index is 0.110. The first-order chi connectivity index (χ1) is 16.8. The summed E-state index contributed by atoms with van der Waals surface area (Å²) in [5.74, 6) is 0.457. The zero-order valence-corrected chi connectivity index (χ0v) is 19.8. The number of sulfonamides is 1. The Morgan fingerprint density at radius 3 is 2.40 bits per heavy atom. The molecule has 11 heteroatoms. The second-order valence-corrected chi connectivity index (χ2v) is 9.57. The van der Waals surface area contributed by atoms with Crippen LogP contribution in [0.15, 0.2) is 77.7 Å². The third-order valence-electron chi connectivity index (χ3n) is 5.73. The third kappa shape index (κ3) is 5.35. The van der Waals surface area contributed by atoms with Crippen molar-refractivity contribution in [2.45, 2.75) is 4.90 Å². The fourth-order valence-electron chi connectivity index (χ4n) is 3.87. The van der Waals surface area contributed by atoms with Crippen LogP contribution in [0, 0.1) is 10.1 Å². The number of piperazine rings is 1. The van der Waals surface area contributed by atoms with Crippen molar-refractivity contribution in [3.63, 3.8) is 0 Å². The Balaban J connectivity index is 1.50. The van der Waals surface area contributed by atoms with Crippen LogP contribution in [0.25, 0.3) is 0 Å². The van der Waals surface area contributed by atoms with E-state index in [0.29, 0.717) is 26.2 Å². The molecule has 4 rings (SSSR count). The van der Waals surface area contributed by atoms with Gasteiger partial charge in [-0.3, -0.25) is 19.6 Å². The van der Waals surface area contributed by atoms with E-state index in [-0.39, 0.29) is 27.7 Å². The average molecular weight is 497 g/mol. The molecule has 10 nitrogen and oxygen atoms in total. The maximum absolute atomic E-state index is 13.3. The number of benzene rings is 3. The highest BCUT2D eigenvalue weighted by molar-refractivity contribution is 7.92. The Morgan fingerprint density at radius 2 is 1.69 bits per heavy atom. The Kier molecular flexibility index (Phi) is 6.87. The molecule has 1 saturated heterocycles. The molecule has 182 valence electrons. The van der Waals surface area contributed by atoms with Gasteiger partial charge in [-0.25, -0.2) is 8.42 Å². The zero-order valence-electron chi connectivity index (χ0n) is 19.0. The van der Waals surface area contributed by atoms with Gasteiger partial charge in [0.2, 0.25) is 0 Å². The third-order valence-corrected chi connectivity index (χ3v) is 7.09. The van der Waals surface area contributed by atoms with Gasteiger partial charge in [-0.05, 0) is 30.3 Å². The molecule has 35 heavy (non-hydrogen) atoms. The van der Waals surface area contributed by atoms with Crippen LogP contribution >= 0.6 is 0 Å². The van der Waals surface area contributed by atoms with Crippen molar-refractivity contribution in [3.05, 3.63) is 88.5 Å². The van der Waals surface area contributed by atoms with Crippen molar-refractivity contribution in [1.82, 2.24) is 4.90 Å². The average Bonchev–Trinajstić information content (AvgIpc) is 2.88. The van der Waals surface area contributed by atoms with Gasteiger partial charge >= 0.3 is 0 Å². The molecule has 3 aromatic rings. The zero-order chi connectivity index (χ0) is 25.0. The van der Waals surface area contributed by atoms with E-state index in [9.17, 15) is 23.3 Å². The second-order valence-electron chi connectivity index (χ2n) is 7.89. The quantitative estimate of drug-likeness (QED) is 0.393. The molecule has 0 saturated carbocycles. The van der Waals surface area contributed by atoms with Gasteiger partial charge in [0, 0.05) is 50.1 Å². The minimum atomic E-state index is -4.15. The number of amides is 1. The van der Waals surface area contributed by atoms with Crippen LogP contribution in [0.4, 0.5) is 17.1 Å². The first kappa shape index (κ1) is 24.0. The highest BCUT2D eigenvalue weighted by Gasteiger charge is 2.26. The van der Waals surface area contributed by atoms with Crippen molar-refractivity contribution in [2.75, 3.05) is 42.9 Å². The summed E-state index contributed by atoms with van der Waals surface area (Å²) in [7, 11) is -2.54. The molecule has 1 heterocycles. The van der Waals surface area contributed by atoms with Crippen LogP contribution in [0.1, 0.15) is 10.4 Å². The van der Waals surface area contributed by atoms with E-state index in [1.54, 1.807) is 30.2 Å². The molecule has 1 aliphatic rings. The molecule has 0 aromatic heterocycles. The molecule has 1 aliphatic heterocycles. The SMILES string of the molecule is COc1cccc(N2CCN(C(=O)c3ccccc3NS(=O)(=O)c3cccc([N+](=O)[O-])c3)CC2)c1. The molecular weight excluding hydrogens is 472 g/mol. The van der Waals surface area contributed by atoms with E-state index < -0.39 is 14.9 Å². The van der Waals surface area contributed by atoms with Gasteiger partial charge in [0.25, 0.3) is 21.6 Å². The number of para-hydroxylation sites is 1. The van der Waals surface area contributed by atoms with Crippen molar-refractivity contribution < 1.29 is 22.9 Å². The number of nitrogens with one attached hydrogen (secondary N) is 1. The lowest BCUT2D eigenvalue weighted by Gasteiger charge is -2.36. The molecule has 1 fully saturated rings. The molecule has 0 radical (unpaired) electrons. The van der Waals surface area contributed by atoms with Crippen LogP contribution in [0.5, 0.6) is 5.75 Å². The Hall–Kier alpha value is -4.12. The molecule has 0 aliphatic carbocycles. The van der Waals surface area contributed by atoms with Crippen molar-refractivity contribution in [2.24, 2.45) is 0 Å². The van der Waals surface area contributed by atoms with Gasteiger partial charge in [-0.15, -0.1) is 0 Å².